The Balaban J connectivity index is 1.48. The quantitative estimate of drug-likeness (QED) is 0.706. The number of hydrogen-bond donors (Lipinski definition) is 1. The van der Waals surface area contributed by atoms with Crippen molar-refractivity contribution in [1.82, 2.24) is 0 Å². The molecule has 3 aromatic carbocycles. The Labute approximate surface area is 156 Å². The van der Waals surface area contributed by atoms with Gasteiger partial charge in [0.15, 0.2) is 0 Å². The maximum absolute atomic E-state index is 13.6. The van der Waals surface area contributed by atoms with Gasteiger partial charge in [0, 0.05) is 10.9 Å². The molecule has 5 nitrogen and oxygen atoms in total. The first-order valence-corrected chi connectivity index (χ1v) is 9.96. The molecule has 3 aromatic rings. The van der Waals surface area contributed by atoms with Gasteiger partial charge in [-0.1, -0.05) is 42.5 Å². The highest BCUT2D eigenvalue weighted by atomic mass is 32.2. The van der Waals surface area contributed by atoms with E-state index in [0.717, 1.165) is 5.39 Å². The van der Waals surface area contributed by atoms with Gasteiger partial charge in [-0.2, -0.15) is 0 Å². The molecule has 0 radical (unpaired) electrons. The first kappa shape index (κ1) is 17.9. The Morgan fingerprint density at radius 3 is 2.56 bits per heavy atom. The van der Waals surface area contributed by atoms with Crippen LogP contribution in [-0.2, 0) is 21.4 Å². The lowest BCUT2D eigenvalue weighted by Gasteiger charge is -2.22. The lowest BCUT2D eigenvalue weighted by molar-refractivity contribution is 0.0324. The fourth-order valence-electron chi connectivity index (χ4n) is 3.32. The van der Waals surface area contributed by atoms with E-state index in [0.29, 0.717) is 16.6 Å². The Bertz CT molecular complexity index is 1090. The number of β-amino-alcohol motifs (C(OH)–C–C–N with tert-alkyl or cyclic N) is 1. The zero-order valence-corrected chi connectivity index (χ0v) is 15.2. The van der Waals surface area contributed by atoms with Crippen LogP contribution in [0.4, 0.5) is 10.1 Å². The predicted octanol–water partition coefficient (Wildman–Crippen LogP) is 3.07. The largest absolute Gasteiger partial charge is 0.389 e. The van der Waals surface area contributed by atoms with E-state index in [1.807, 2.05) is 12.1 Å². The molecule has 0 amide bonds. The van der Waals surface area contributed by atoms with Crippen LogP contribution in [0.25, 0.3) is 10.8 Å². The number of nitrogens with zero attached hydrogens (tertiary/aromatic N) is 1. The minimum atomic E-state index is -3.72. The molecule has 0 aromatic heterocycles. The monoisotopic (exact) mass is 387 g/mol. The SMILES string of the molecule is O=S1(=O)c2cccc3cccc(c23)N1C[C@H](O)COCc1ccccc1F. The average molecular weight is 387 g/mol. The third-order valence-corrected chi connectivity index (χ3v) is 6.41. The summed E-state index contributed by atoms with van der Waals surface area (Å²) in [5, 5.41) is 11.8. The Kier molecular flexibility index (Phi) is 4.59. The maximum atomic E-state index is 13.6. The second-order valence-electron chi connectivity index (χ2n) is 6.43. The van der Waals surface area contributed by atoms with E-state index in [4.69, 9.17) is 4.74 Å². The summed E-state index contributed by atoms with van der Waals surface area (Å²) in [6.45, 7) is -0.230. The molecule has 140 valence electrons. The number of aliphatic hydroxyl groups excluding tert-OH is 1. The van der Waals surface area contributed by atoms with Crippen LogP contribution < -0.4 is 4.31 Å². The molecule has 1 N–H and O–H groups in total. The van der Waals surface area contributed by atoms with Crippen molar-refractivity contribution in [1.29, 1.82) is 0 Å². The van der Waals surface area contributed by atoms with Crippen LogP contribution >= 0.6 is 0 Å². The van der Waals surface area contributed by atoms with Gasteiger partial charge >= 0.3 is 0 Å². The van der Waals surface area contributed by atoms with Crippen LogP contribution in [-0.4, -0.2) is 32.8 Å². The van der Waals surface area contributed by atoms with Crippen LogP contribution in [0.1, 0.15) is 5.56 Å². The maximum Gasteiger partial charge on any atom is 0.265 e. The summed E-state index contributed by atoms with van der Waals surface area (Å²) in [5.41, 5.74) is 0.937. The molecular formula is C20H18FNO4S. The van der Waals surface area contributed by atoms with E-state index in [1.165, 1.54) is 10.4 Å². The van der Waals surface area contributed by atoms with Crippen LogP contribution in [0.5, 0.6) is 0 Å². The number of anilines is 1. The molecule has 1 heterocycles. The van der Waals surface area contributed by atoms with Gasteiger partial charge in [0.2, 0.25) is 0 Å². The molecule has 4 rings (SSSR count). The van der Waals surface area contributed by atoms with Gasteiger partial charge in [-0.15, -0.1) is 0 Å². The number of benzene rings is 3. The van der Waals surface area contributed by atoms with Gasteiger partial charge in [-0.05, 0) is 23.6 Å². The third kappa shape index (κ3) is 3.18. The summed E-state index contributed by atoms with van der Waals surface area (Å²) < 4.78 is 45.9. The van der Waals surface area contributed by atoms with Crippen LogP contribution in [0.15, 0.2) is 65.6 Å². The van der Waals surface area contributed by atoms with Crippen molar-refractivity contribution in [3.8, 4) is 0 Å². The molecule has 1 aliphatic heterocycles. The summed E-state index contributed by atoms with van der Waals surface area (Å²) in [6.07, 6.45) is -1.05. The summed E-state index contributed by atoms with van der Waals surface area (Å²) in [7, 11) is -3.72. The van der Waals surface area contributed by atoms with Crippen LogP contribution in [0, 0.1) is 5.82 Å². The predicted molar refractivity (Wildman–Crippen MR) is 101 cm³/mol. The van der Waals surface area contributed by atoms with Crippen molar-refractivity contribution in [2.45, 2.75) is 17.6 Å². The molecule has 0 bridgehead atoms. The first-order valence-electron chi connectivity index (χ1n) is 8.52. The Morgan fingerprint density at radius 2 is 1.78 bits per heavy atom. The molecule has 27 heavy (non-hydrogen) atoms. The van der Waals surface area contributed by atoms with E-state index in [9.17, 15) is 17.9 Å². The van der Waals surface area contributed by atoms with E-state index in [-0.39, 0.29) is 30.5 Å². The highest BCUT2D eigenvalue weighted by molar-refractivity contribution is 7.93. The Hall–Kier alpha value is -2.48. The summed E-state index contributed by atoms with van der Waals surface area (Å²) in [6, 6.07) is 16.7. The molecule has 0 saturated carbocycles. The smallest absolute Gasteiger partial charge is 0.265 e. The molecule has 0 fully saturated rings. The van der Waals surface area contributed by atoms with Crippen LogP contribution in [0.2, 0.25) is 0 Å². The van der Waals surface area contributed by atoms with Crippen molar-refractivity contribution < 1.29 is 22.7 Å². The molecule has 1 atom stereocenters. The van der Waals surface area contributed by atoms with Gasteiger partial charge in [-0.3, -0.25) is 4.31 Å². The lowest BCUT2D eigenvalue weighted by Crippen LogP contribution is -2.37. The number of sulfonamides is 1. The summed E-state index contributed by atoms with van der Waals surface area (Å²) >= 11 is 0. The first-order chi connectivity index (χ1) is 13.0. The minimum Gasteiger partial charge on any atom is -0.389 e. The third-order valence-electron chi connectivity index (χ3n) is 4.58. The molecule has 7 heteroatoms. The highest BCUT2D eigenvalue weighted by Crippen LogP contribution is 2.41. The lowest BCUT2D eigenvalue weighted by atomic mass is 10.1. The van der Waals surface area contributed by atoms with Gasteiger partial charge < -0.3 is 9.84 Å². The minimum absolute atomic E-state index is 0.00624. The second-order valence-corrected chi connectivity index (χ2v) is 8.26. The standard InChI is InChI=1S/C20H18FNO4S/c21-17-8-2-1-5-15(17)12-26-13-16(23)11-22-18-9-3-6-14-7-4-10-19(20(14)18)27(22,24)25/h1-10,16,23H,11-13H2/t16-/m0/s1. The van der Waals surface area contributed by atoms with E-state index >= 15 is 0 Å². The van der Waals surface area contributed by atoms with Gasteiger partial charge in [0.05, 0.1) is 36.4 Å². The van der Waals surface area contributed by atoms with Gasteiger partial charge in [0.25, 0.3) is 10.0 Å². The van der Waals surface area contributed by atoms with Gasteiger partial charge in [-0.25, -0.2) is 12.8 Å². The second kappa shape index (κ2) is 6.92. The van der Waals surface area contributed by atoms with Gasteiger partial charge in [0.1, 0.15) is 5.82 Å². The Morgan fingerprint density at radius 1 is 1.04 bits per heavy atom. The highest BCUT2D eigenvalue weighted by Gasteiger charge is 2.36. The number of aliphatic hydroxyl groups is 1. The fraction of sp³-hybridized carbons (Fsp3) is 0.200. The number of hydrogen-bond acceptors (Lipinski definition) is 4. The zero-order chi connectivity index (χ0) is 19.0. The molecular weight excluding hydrogens is 369 g/mol. The summed E-state index contributed by atoms with van der Waals surface area (Å²) in [5.74, 6) is -0.378. The van der Waals surface area contributed by atoms with Crippen molar-refractivity contribution in [2.24, 2.45) is 0 Å². The van der Waals surface area contributed by atoms with E-state index < -0.39 is 16.1 Å². The summed E-state index contributed by atoms with van der Waals surface area (Å²) in [4.78, 5) is 0.245. The van der Waals surface area contributed by atoms with Crippen LogP contribution in [0.3, 0.4) is 0 Å². The van der Waals surface area contributed by atoms with Crippen molar-refractivity contribution >= 4 is 26.5 Å². The number of rotatable bonds is 6. The van der Waals surface area contributed by atoms with E-state index in [1.54, 1.807) is 42.5 Å². The number of ether oxygens (including phenoxy) is 1. The van der Waals surface area contributed by atoms with Crippen molar-refractivity contribution in [2.75, 3.05) is 17.5 Å². The average Bonchev–Trinajstić information content (AvgIpc) is 2.87. The van der Waals surface area contributed by atoms with E-state index in [2.05, 4.69) is 0 Å². The topological polar surface area (TPSA) is 66.8 Å². The number of halogens is 1. The molecule has 0 unspecified atom stereocenters. The zero-order valence-electron chi connectivity index (χ0n) is 14.4. The molecule has 0 saturated heterocycles. The van der Waals surface area contributed by atoms with Crippen molar-refractivity contribution in [3.63, 3.8) is 0 Å². The molecule has 1 aliphatic rings. The fourth-order valence-corrected chi connectivity index (χ4v) is 5.07. The molecule has 0 spiro atoms. The molecule has 0 aliphatic carbocycles. The van der Waals surface area contributed by atoms with Crippen molar-refractivity contribution in [3.05, 3.63) is 72.0 Å². The normalized spacial score (nSPS) is 16.0.